The van der Waals surface area contributed by atoms with Gasteiger partial charge in [0.25, 0.3) is 0 Å². The highest BCUT2D eigenvalue weighted by molar-refractivity contribution is 7.89. The van der Waals surface area contributed by atoms with E-state index in [9.17, 15) is 8.42 Å². The van der Waals surface area contributed by atoms with Crippen LogP contribution in [0.25, 0.3) is 121 Å². The first-order valence-corrected chi connectivity index (χ1v) is 53.9. The first-order valence-electron chi connectivity index (χ1n) is 46.3. The fourth-order valence-corrected chi connectivity index (χ4v) is 20.2. The van der Waals surface area contributed by atoms with Gasteiger partial charge in [-0.1, -0.05) is 89.8 Å². The maximum atomic E-state index is 11.7. The van der Waals surface area contributed by atoms with Crippen LogP contribution in [0, 0.1) is 20.1 Å². The molecular weight excluding hydrogens is 1910 g/mol. The highest BCUT2D eigenvalue weighted by Gasteiger charge is 2.26. The first kappa shape index (κ1) is 108. The van der Waals surface area contributed by atoms with Crippen molar-refractivity contribution >= 4 is 181 Å². The standard InChI is InChI=1S/C23H27ClN4OS.C21H23ClN4OS.C21H27N3OS.C20H24ClN3OS.C20H25N3O3S2/c1-14(2)26-22-28-18(13-30-22)17-12-19(29-23(3,4)5)16-10-9-15(8-7-11-25-6)20(24)21(16)27-17;1-12(2)24-21-26-17(11-28-21)16-10-18(27-13(3)4)15-7-6-14(8-9-23-5)19(22)20(15)25-16;1-6-7-15-8-9-16-17(10-15)23-18(11-20(16)25-14(4)5)19-12-26-21(24-19)22-13(2)3;1-11(2)22-19-24-17(18(21)26-19)15-10-16(25-20(4,5)6)13-8-7-12(3)9-14(13)23-15;1-12(2)21-20-23-18(10-27-20)17-9-19(26-13(3)4)15-7-6-14(8-16(15)22-17)11-28(5,24)25/h9-10,12-14H,7-8,11H2,1-5H3,(H,26,28);6-7,10-13H,8-9H2,1-4H3,(H,24,26);8-14H,6-7H2,1-5H3,(H,22,24);7-11H,1-6H3,(H,22,24);6-10,12-13H,11H2,1-5H3,(H,21,23). The van der Waals surface area contributed by atoms with E-state index in [0.29, 0.717) is 97.3 Å². The molecule has 0 aliphatic rings. The lowest BCUT2D eigenvalue weighted by atomic mass is 10.0. The van der Waals surface area contributed by atoms with Crippen LogP contribution in [0.4, 0.5) is 25.7 Å². The second-order valence-electron chi connectivity index (χ2n) is 37.8. The number of anilines is 5. The second kappa shape index (κ2) is 48.3. The van der Waals surface area contributed by atoms with Gasteiger partial charge in [-0.15, -0.1) is 45.3 Å². The third-order valence-corrected chi connectivity index (χ3v) is 25.6. The molecule has 0 aliphatic carbocycles. The molecule has 15 aromatic rings. The molecule has 0 saturated carbocycles. The van der Waals surface area contributed by atoms with Gasteiger partial charge in [-0.05, 0) is 248 Å². The minimum atomic E-state index is -3.12. The monoisotopic (exact) mass is 2030 g/mol. The SMILES string of the molecule is CC(C)Nc1nc(-c2cc(OC(C)C)c3ccc(CS(C)(=O)=O)cc3n2)cs1.CCCc1ccc2c(OC(C)C)cc(-c3csc(NC(C)C)n3)nc2c1.Cc1ccc2c(OC(C)(C)C)cc(-c3nc(NC(C)C)sc3Cl)nc2c1.[C-]#[N+]CCCc1ccc2c(OC(C)(C)C)cc(-c3csc(NC(C)C)n3)nc2c1Cl.[C-]#[N+]CCc1ccc2c(OC(C)C)cc(-c3csc(NC(C)C)n3)nc2c1Cl. The summed E-state index contributed by atoms with van der Waals surface area (Å²) in [4.78, 5) is 54.3. The molecule has 0 radical (unpaired) electrons. The van der Waals surface area contributed by atoms with E-state index >= 15 is 0 Å². The molecule has 10 aromatic heterocycles. The van der Waals surface area contributed by atoms with Gasteiger partial charge in [-0.3, -0.25) is 0 Å². The summed E-state index contributed by atoms with van der Waals surface area (Å²) in [7, 11) is -3.12. The average molecular weight is 2040 g/mol. The average Bonchev–Trinajstić information content (AvgIpc) is 1.56. The summed E-state index contributed by atoms with van der Waals surface area (Å²) >= 11 is 27.6. The lowest BCUT2D eigenvalue weighted by Crippen LogP contribution is -2.23. The predicted octanol–water partition coefficient (Wildman–Crippen LogP) is 29.7. The lowest BCUT2D eigenvalue weighted by Gasteiger charge is -2.23. The Balaban J connectivity index is 0.000000165. The summed E-state index contributed by atoms with van der Waals surface area (Å²) in [5.41, 5.74) is 16.0. The fraction of sp³-hybridized carbons (Fsp3) is 0.410. The first-order chi connectivity index (χ1) is 65.2. The largest absolute Gasteiger partial charge is 0.490 e. The Morgan fingerprint density at radius 1 is 0.391 bits per heavy atom. The minimum Gasteiger partial charge on any atom is -0.490 e. The number of fused-ring (bicyclic) bond motifs is 5. The number of aryl methyl sites for hydroxylation is 3. The number of halogens is 3. The topological polar surface area (TPSA) is 278 Å². The van der Waals surface area contributed by atoms with E-state index in [0.717, 1.165) is 175 Å². The molecule has 33 heteroatoms. The summed E-state index contributed by atoms with van der Waals surface area (Å²) < 4.78 is 54.6. The molecule has 5 aromatic carbocycles. The summed E-state index contributed by atoms with van der Waals surface area (Å²) in [5, 5.41) is 34.7. The fourth-order valence-electron chi connectivity index (χ4n) is 14.2. The molecule has 0 spiro atoms. The number of thiazole rings is 5. The van der Waals surface area contributed by atoms with Crippen LogP contribution in [0.3, 0.4) is 0 Å². The number of benzene rings is 5. The van der Waals surface area contributed by atoms with Crippen LogP contribution < -0.4 is 50.3 Å². The van der Waals surface area contributed by atoms with E-state index in [1.807, 2.05) is 177 Å². The van der Waals surface area contributed by atoms with Crippen LogP contribution in [0.2, 0.25) is 14.4 Å². The molecule has 0 atom stereocenters. The molecule has 5 N–H and O–H groups in total. The van der Waals surface area contributed by atoms with Crippen LogP contribution >= 0.6 is 91.5 Å². The number of sulfone groups is 1. The number of hydrogen-bond acceptors (Lipinski definition) is 27. The van der Waals surface area contributed by atoms with Crippen molar-refractivity contribution in [1.29, 1.82) is 0 Å². The lowest BCUT2D eigenvalue weighted by molar-refractivity contribution is 0.132. The number of hydrogen-bond donors (Lipinski definition) is 5. The summed E-state index contributed by atoms with van der Waals surface area (Å²) in [6.45, 7) is 64.1. The van der Waals surface area contributed by atoms with E-state index in [4.69, 9.17) is 107 Å². The van der Waals surface area contributed by atoms with Gasteiger partial charge in [0.05, 0.1) is 90.2 Å². The quantitative estimate of drug-likeness (QED) is 0.0193. The highest BCUT2D eigenvalue weighted by Crippen LogP contribution is 2.44. The molecule has 730 valence electrons. The highest BCUT2D eigenvalue weighted by atomic mass is 35.5. The van der Waals surface area contributed by atoms with Crippen molar-refractivity contribution in [2.45, 2.75) is 264 Å². The van der Waals surface area contributed by atoms with Gasteiger partial charge in [0.15, 0.2) is 35.5 Å². The Bertz CT molecular complexity index is 6920. The molecule has 0 amide bonds. The van der Waals surface area contributed by atoms with Gasteiger partial charge in [0.2, 0.25) is 13.1 Å². The summed E-state index contributed by atoms with van der Waals surface area (Å²) in [6.07, 6.45) is 5.66. The molecule has 24 nitrogen and oxygen atoms in total. The summed E-state index contributed by atoms with van der Waals surface area (Å²) in [6, 6.07) is 37.4. The van der Waals surface area contributed by atoms with Crippen molar-refractivity contribution < 1.29 is 32.1 Å². The maximum Gasteiger partial charge on any atom is 0.218 e. The number of nitrogens with zero attached hydrogens (tertiary/aromatic N) is 12. The zero-order valence-electron chi connectivity index (χ0n) is 83.3. The molecule has 0 aliphatic heterocycles. The molecule has 0 saturated heterocycles. The van der Waals surface area contributed by atoms with Crippen molar-refractivity contribution in [1.82, 2.24) is 49.8 Å². The normalized spacial score (nSPS) is 11.7. The third kappa shape index (κ3) is 31.0. The second-order valence-corrected chi connectivity index (χ2v) is 45.7. The minimum absolute atomic E-state index is 0.00255. The van der Waals surface area contributed by atoms with Gasteiger partial charge >= 0.3 is 0 Å². The smallest absolute Gasteiger partial charge is 0.218 e. The Morgan fingerprint density at radius 3 is 1.15 bits per heavy atom. The van der Waals surface area contributed by atoms with E-state index in [-0.39, 0.29) is 41.3 Å². The van der Waals surface area contributed by atoms with Crippen LogP contribution in [-0.2, 0) is 34.9 Å². The molecule has 0 bridgehead atoms. The zero-order valence-corrected chi connectivity index (χ0v) is 90.5. The maximum absolute atomic E-state index is 11.7. The van der Waals surface area contributed by atoms with E-state index in [2.05, 4.69) is 171 Å². The van der Waals surface area contributed by atoms with Gasteiger partial charge < -0.3 is 60.0 Å². The van der Waals surface area contributed by atoms with Crippen LogP contribution in [-0.4, -0.2) is 137 Å². The molecule has 10 heterocycles. The summed E-state index contributed by atoms with van der Waals surface area (Å²) in [5.74, 6) is 3.83. The van der Waals surface area contributed by atoms with Gasteiger partial charge in [0, 0.05) is 128 Å². The van der Waals surface area contributed by atoms with Crippen LogP contribution in [0.1, 0.15) is 200 Å². The molecule has 15 rings (SSSR count). The van der Waals surface area contributed by atoms with E-state index in [1.54, 1.807) is 34.0 Å². The van der Waals surface area contributed by atoms with Gasteiger partial charge in [-0.25, -0.2) is 71.4 Å². The number of pyridine rings is 5. The van der Waals surface area contributed by atoms with E-state index < -0.39 is 9.84 Å². The van der Waals surface area contributed by atoms with Crippen molar-refractivity contribution in [3.63, 3.8) is 0 Å². The molecule has 0 unspecified atom stereocenters. The zero-order chi connectivity index (χ0) is 100. The van der Waals surface area contributed by atoms with Crippen LogP contribution in [0.15, 0.2) is 131 Å². The number of ether oxygens (including phenoxy) is 5. The predicted molar refractivity (Wildman–Crippen MR) is 583 cm³/mol. The van der Waals surface area contributed by atoms with Gasteiger partial charge in [-0.2, -0.15) is 0 Å². The van der Waals surface area contributed by atoms with Crippen molar-refractivity contribution in [3.8, 4) is 85.7 Å². The van der Waals surface area contributed by atoms with Crippen molar-refractivity contribution in [3.05, 3.63) is 196 Å². The van der Waals surface area contributed by atoms with Crippen molar-refractivity contribution in [2.75, 3.05) is 45.9 Å². The Kier molecular flexibility index (Phi) is 37.6. The van der Waals surface area contributed by atoms with Crippen molar-refractivity contribution in [2.24, 2.45) is 0 Å². The third-order valence-electron chi connectivity index (χ3n) is 19.6. The molecule has 0 fully saturated rings. The van der Waals surface area contributed by atoms with Gasteiger partial charge in [0.1, 0.15) is 72.8 Å². The van der Waals surface area contributed by atoms with Crippen LogP contribution in [0.5, 0.6) is 28.7 Å². The molecular formula is C105H126Cl3N17O7S6. The molecule has 138 heavy (non-hydrogen) atoms. The number of aromatic nitrogens is 10. The van der Waals surface area contributed by atoms with E-state index in [1.165, 1.54) is 34.5 Å². The number of nitrogens with one attached hydrogen (secondary N) is 5. The Hall–Kier alpha value is -10.9. The Morgan fingerprint density at radius 2 is 0.739 bits per heavy atom. The number of rotatable bonds is 32. The Labute approximate surface area is 847 Å².